The number of rotatable bonds is 3. The number of piperidine rings is 2. The highest BCUT2D eigenvalue weighted by molar-refractivity contribution is 6.04. The lowest BCUT2D eigenvalue weighted by Gasteiger charge is -2.33. The number of amides is 3. The first-order chi connectivity index (χ1) is 12.6. The summed E-state index contributed by atoms with van der Waals surface area (Å²) in [7, 11) is 0. The molecule has 3 amide bonds. The van der Waals surface area contributed by atoms with Crippen molar-refractivity contribution in [2.24, 2.45) is 5.92 Å². The first-order valence-electron chi connectivity index (χ1n) is 9.25. The Labute approximate surface area is 152 Å². The summed E-state index contributed by atoms with van der Waals surface area (Å²) in [6.45, 7) is 2.25. The van der Waals surface area contributed by atoms with Crippen molar-refractivity contribution in [3.63, 3.8) is 0 Å². The van der Waals surface area contributed by atoms with Crippen LogP contribution in [0.15, 0.2) is 18.2 Å². The van der Waals surface area contributed by atoms with Crippen molar-refractivity contribution < 1.29 is 19.5 Å². The van der Waals surface area contributed by atoms with E-state index >= 15 is 0 Å². The monoisotopic (exact) mass is 357 g/mol. The fourth-order valence-electron chi connectivity index (χ4n) is 4.03. The van der Waals surface area contributed by atoms with E-state index in [-0.39, 0.29) is 30.9 Å². The number of aliphatic hydroxyl groups excluding tert-OH is 1. The molecule has 2 saturated heterocycles. The zero-order valence-corrected chi connectivity index (χ0v) is 14.7. The van der Waals surface area contributed by atoms with Gasteiger partial charge in [-0.3, -0.25) is 14.4 Å². The normalized spacial score (nSPS) is 21.6. The van der Waals surface area contributed by atoms with Crippen molar-refractivity contribution in [2.75, 3.05) is 24.6 Å². The molecule has 7 heteroatoms. The van der Waals surface area contributed by atoms with Crippen molar-refractivity contribution in [3.05, 3.63) is 29.3 Å². The zero-order chi connectivity index (χ0) is 18.3. The lowest BCUT2D eigenvalue weighted by atomic mass is 9.97. The van der Waals surface area contributed by atoms with E-state index in [9.17, 15) is 19.5 Å². The lowest BCUT2D eigenvalue weighted by molar-refractivity contribution is -0.163. The summed E-state index contributed by atoms with van der Waals surface area (Å²) in [4.78, 5) is 39.2. The second kappa shape index (κ2) is 6.72. The van der Waals surface area contributed by atoms with Crippen molar-refractivity contribution in [1.82, 2.24) is 10.0 Å². The number of hydrazine groups is 1. The smallest absolute Gasteiger partial charge is 0.273 e. The molecule has 0 aromatic heterocycles. The van der Waals surface area contributed by atoms with E-state index in [0.29, 0.717) is 30.7 Å². The predicted octanol–water partition coefficient (Wildman–Crippen LogP) is 1.31. The number of hydrogen-bond donors (Lipinski definition) is 1. The lowest BCUT2D eigenvalue weighted by Crippen LogP contribution is -2.51. The molecule has 26 heavy (non-hydrogen) atoms. The van der Waals surface area contributed by atoms with Crippen LogP contribution in [0.1, 0.15) is 48.0 Å². The van der Waals surface area contributed by atoms with E-state index in [4.69, 9.17) is 0 Å². The van der Waals surface area contributed by atoms with E-state index in [2.05, 4.69) is 4.90 Å². The largest absolute Gasteiger partial charge is 0.396 e. The van der Waals surface area contributed by atoms with Crippen molar-refractivity contribution in [3.8, 4) is 0 Å². The van der Waals surface area contributed by atoms with E-state index in [1.807, 2.05) is 12.1 Å². The molecule has 0 bridgehead atoms. The summed E-state index contributed by atoms with van der Waals surface area (Å²) < 4.78 is 0. The van der Waals surface area contributed by atoms with Crippen molar-refractivity contribution in [2.45, 2.75) is 38.6 Å². The number of aliphatic hydroxyl groups is 1. The number of fused-ring (bicyclic) bond motifs is 1. The van der Waals surface area contributed by atoms with Gasteiger partial charge in [0.15, 0.2) is 0 Å². The third-order valence-corrected chi connectivity index (χ3v) is 5.61. The number of carbonyl (C=O) groups is 3. The maximum absolute atomic E-state index is 12.7. The van der Waals surface area contributed by atoms with Crippen LogP contribution < -0.4 is 4.90 Å². The van der Waals surface area contributed by atoms with Crippen LogP contribution >= 0.6 is 0 Å². The summed E-state index contributed by atoms with van der Waals surface area (Å²) in [6.07, 6.45) is 3.07. The molecule has 2 fully saturated rings. The van der Waals surface area contributed by atoms with E-state index < -0.39 is 0 Å². The number of nitrogens with zero attached hydrogens (tertiary/aromatic N) is 3. The minimum absolute atomic E-state index is 0.235. The van der Waals surface area contributed by atoms with Gasteiger partial charge in [0, 0.05) is 43.8 Å². The molecule has 3 aliphatic rings. The maximum atomic E-state index is 12.7. The zero-order valence-electron chi connectivity index (χ0n) is 14.7. The molecule has 0 aliphatic carbocycles. The average molecular weight is 357 g/mol. The fraction of sp³-hybridized carbons (Fsp3) is 0.526. The minimum atomic E-state index is -0.297. The number of hydrogen-bond acceptors (Lipinski definition) is 5. The summed E-state index contributed by atoms with van der Waals surface area (Å²) in [5, 5.41) is 11.6. The molecular weight excluding hydrogens is 334 g/mol. The minimum Gasteiger partial charge on any atom is -0.396 e. The molecule has 0 atom stereocenters. The van der Waals surface area contributed by atoms with E-state index in [0.717, 1.165) is 42.2 Å². The third kappa shape index (κ3) is 2.86. The van der Waals surface area contributed by atoms with Crippen molar-refractivity contribution >= 4 is 23.4 Å². The Hall–Kier alpha value is -2.41. The molecule has 4 rings (SSSR count). The van der Waals surface area contributed by atoms with Gasteiger partial charge in [0.2, 0.25) is 11.8 Å². The SMILES string of the molecule is O=C1c2ccc(N3CCC(CO)CC3)cc2CN1N1C(=O)CCCC1=O. The van der Waals surface area contributed by atoms with Gasteiger partial charge >= 0.3 is 0 Å². The maximum Gasteiger partial charge on any atom is 0.273 e. The summed E-state index contributed by atoms with van der Waals surface area (Å²) >= 11 is 0. The van der Waals surface area contributed by atoms with Crippen LogP contribution in [-0.2, 0) is 16.1 Å². The Bertz CT molecular complexity index is 739. The van der Waals surface area contributed by atoms with Gasteiger partial charge in [-0.25, -0.2) is 5.01 Å². The standard InChI is InChI=1S/C19H23N3O4/c23-12-13-6-8-20(9-7-13)15-4-5-16-14(10-15)11-21(19(16)26)22-17(24)2-1-3-18(22)25/h4-5,10,13,23H,1-3,6-9,11-12H2. The molecule has 3 heterocycles. The molecule has 7 nitrogen and oxygen atoms in total. The number of benzene rings is 1. The van der Waals surface area contributed by atoms with Crippen LogP contribution in [0.4, 0.5) is 5.69 Å². The van der Waals surface area contributed by atoms with Crippen LogP contribution in [-0.4, -0.2) is 52.5 Å². The first-order valence-corrected chi connectivity index (χ1v) is 9.25. The summed E-state index contributed by atoms with van der Waals surface area (Å²) in [5.41, 5.74) is 2.46. The van der Waals surface area contributed by atoms with Gasteiger partial charge in [0.1, 0.15) is 0 Å². The average Bonchev–Trinajstić information content (AvgIpc) is 2.97. The molecule has 0 spiro atoms. The Morgan fingerprint density at radius 2 is 1.73 bits per heavy atom. The third-order valence-electron chi connectivity index (χ3n) is 5.61. The first kappa shape index (κ1) is 17.0. The predicted molar refractivity (Wildman–Crippen MR) is 94.0 cm³/mol. The molecule has 0 saturated carbocycles. The number of imide groups is 1. The van der Waals surface area contributed by atoms with Gasteiger partial charge in [0.25, 0.3) is 5.91 Å². The second-order valence-electron chi connectivity index (χ2n) is 7.27. The molecule has 0 radical (unpaired) electrons. The Morgan fingerprint density at radius 3 is 2.38 bits per heavy atom. The van der Waals surface area contributed by atoms with Gasteiger partial charge in [-0.2, -0.15) is 5.01 Å². The van der Waals surface area contributed by atoms with Crippen LogP contribution in [0.25, 0.3) is 0 Å². The molecule has 1 aromatic carbocycles. The molecule has 3 aliphatic heterocycles. The van der Waals surface area contributed by atoms with Crippen LogP contribution in [0, 0.1) is 5.92 Å². The van der Waals surface area contributed by atoms with Gasteiger partial charge in [-0.15, -0.1) is 0 Å². The highest BCUT2D eigenvalue weighted by atomic mass is 16.3. The van der Waals surface area contributed by atoms with Gasteiger partial charge < -0.3 is 10.0 Å². The summed E-state index contributed by atoms with van der Waals surface area (Å²) in [5.74, 6) is -0.509. The highest BCUT2D eigenvalue weighted by Gasteiger charge is 2.39. The van der Waals surface area contributed by atoms with Crippen LogP contribution in [0.3, 0.4) is 0 Å². The Morgan fingerprint density at radius 1 is 1.04 bits per heavy atom. The van der Waals surface area contributed by atoms with Gasteiger partial charge in [0.05, 0.1) is 6.54 Å². The fourth-order valence-corrected chi connectivity index (χ4v) is 4.03. The van der Waals surface area contributed by atoms with E-state index in [1.165, 1.54) is 5.01 Å². The molecule has 1 aromatic rings. The van der Waals surface area contributed by atoms with Crippen LogP contribution in [0.2, 0.25) is 0 Å². The Kier molecular flexibility index (Phi) is 4.40. The van der Waals surface area contributed by atoms with Crippen molar-refractivity contribution in [1.29, 1.82) is 0 Å². The number of carbonyl (C=O) groups excluding carboxylic acids is 3. The number of anilines is 1. The molecular formula is C19H23N3O4. The topological polar surface area (TPSA) is 81.2 Å². The quantitative estimate of drug-likeness (QED) is 0.825. The summed E-state index contributed by atoms with van der Waals surface area (Å²) in [6, 6.07) is 5.72. The van der Waals surface area contributed by atoms with Gasteiger partial charge in [-0.1, -0.05) is 0 Å². The van der Waals surface area contributed by atoms with E-state index in [1.54, 1.807) is 6.07 Å². The van der Waals surface area contributed by atoms with Gasteiger partial charge in [-0.05, 0) is 48.9 Å². The molecule has 0 unspecified atom stereocenters. The Balaban J connectivity index is 1.53. The molecule has 1 N–H and O–H groups in total. The second-order valence-corrected chi connectivity index (χ2v) is 7.27. The molecule has 138 valence electrons. The highest BCUT2D eigenvalue weighted by Crippen LogP contribution is 2.31. The van der Waals surface area contributed by atoms with Crippen LogP contribution in [0.5, 0.6) is 0 Å².